The highest BCUT2D eigenvalue weighted by atomic mass is 32.1. The Morgan fingerprint density at radius 3 is 2.50 bits per heavy atom. The second-order valence-corrected chi connectivity index (χ2v) is 6.09. The topological polar surface area (TPSA) is 41.1 Å². The molecule has 0 aliphatic carbocycles. The molecule has 2 fully saturated rings. The van der Waals surface area contributed by atoms with Crippen molar-refractivity contribution in [3.63, 3.8) is 0 Å². The van der Waals surface area contributed by atoms with E-state index >= 15 is 0 Å². The Kier molecular flexibility index (Phi) is 3.19. The Labute approximate surface area is 108 Å². The second kappa shape index (κ2) is 4.70. The van der Waals surface area contributed by atoms with Gasteiger partial charge in [0.05, 0.1) is 0 Å². The number of halogens is 2. The van der Waals surface area contributed by atoms with E-state index in [4.69, 9.17) is 0 Å². The number of nitrogens with zero attached hydrogens (tertiary/aromatic N) is 3. The van der Waals surface area contributed by atoms with Gasteiger partial charge in [-0.1, -0.05) is 11.3 Å². The molecule has 2 atom stereocenters. The van der Waals surface area contributed by atoms with E-state index in [0.29, 0.717) is 23.3 Å². The standard InChI is InChI=1S/C11H16F2N4S/c1-17(11-16-15-10(18-11)9(12)13)8-4-6-2-3-7(5-8)14-6/h6-9,14H,2-5H2,1H3. The zero-order valence-corrected chi connectivity index (χ0v) is 11.0. The summed E-state index contributed by atoms with van der Waals surface area (Å²) < 4.78 is 25.0. The van der Waals surface area contributed by atoms with E-state index in [0.717, 1.165) is 24.2 Å². The Bertz CT molecular complexity index is 413. The maximum absolute atomic E-state index is 12.5. The third-order valence-corrected chi connectivity index (χ3v) is 4.94. The highest BCUT2D eigenvalue weighted by molar-refractivity contribution is 7.15. The molecule has 0 saturated carbocycles. The molecule has 100 valence electrons. The van der Waals surface area contributed by atoms with Crippen LogP contribution in [-0.2, 0) is 0 Å². The fourth-order valence-electron chi connectivity index (χ4n) is 2.96. The lowest BCUT2D eigenvalue weighted by Gasteiger charge is -2.35. The van der Waals surface area contributed by atoms with Crippen molar-refractivity contribution in [2.75, 3.05) is 11.9 Å². The summed E-state index contributed by atoms with van der Waals surface area (Å²) in [4.78, 5) is 2.02. The van der Waals surface area contributed by atoms with Gasteiger partial charge in [0.1, 0.15) is 0 Å². The van der Waals surface area contributed by atoms with E-state index in [-0.39, 0.29) is 5.01 Å². The van der Waals surface area contributed by atoms with Gasteiger partial charge in [-0.05, 0) is 25.7 Å². The van der Waals surface area contributed by atoms with Gasteiger partial charge in [0, 0.05) is 25.2 Å². The van der Waals surface area contributed by atoms with E-state index in [2.05, 4.69) is 15.5 Å². The van der Waals surface area contributed by atoms with E-state index in [1.165, 1.54) is 12.8 Å². The number of alkyl halides is 2. The number of piperidine rings is 1. The summed E-state index contributed by atoms with van der Waals surface area (Å²) in [7, 11) is 1.94. The van der Waals surface area contributed by atoms with Crippen LogP contribution in [0.4, 0.5) is 13.9 Å². The summed E-state index contributed by atoms with van der Waals surface area (Å²) in [6.45, 7) is 0. The first kappa shape index (κ1) is 12.2. The average Bonchev–Trinajstić information content (AvgIpc) is 2.95. The molecule has 0 amide bonds. The van der Waals surface area contributed by atoms with E-state index < -0.39 is 6.43 Å². The number of aromatic nitrogens is 2. The third kappa shape index (κ3) is 2.21. The number of rotatable bonds is 3. The minimum atomic E-state index is -2.52. The van der Waals surface area contributed by atoms with E-state index in [1.807, 2.05) is 11.9 Å². The molecular weight excluding hydrogens is 258 g/mol. The van der Waals surface area contributed by atoms with Crippen molar-refractivity contribution in [3.8, 4) is 0 Å². The van der Waals surface area contributed by atoms with Crippen molar-refractivity contribution in [2.24, 2.45) is 0 Å². The van der Waals surface area contributed by atoms with Gasteiger partial charge in [0.15, 0.2) is 5.01 Å². The van der Waals surface area contributed by atoms with Crippen LogP contribution in [0, 0.1) is 0 Å². The van der Waals surface area contributed by atoms with Crippen molar-refractivity contribution in [2.45, 2.75) is 50.2 Å². The first-order chi connectivity index (χ1) is 8.63. The molecular formula is C11H16F2N4S. The highest BCUT2D eigenvalue weighted by Crippen LogP contribution is 2.33. The molecule has 4 nitrogen and oxygen atoms in total. The van der Waals surface area contributed by atoms with Crippen LogP contribution >= 0.6 is 11.3 Å². The van der Waals surface area contributed by atoms with Crippen LogP contribution in [0.15, 0.2) is 0 Å². The van der Waals surface area contributed by atoms with Gasteiger partial charge in [-0.25, -0.2) is 8.78 Å². The lowest BCUT2D eigenvalue weighted by atomic mass is 9.99. The van der Waals surface area contributed by atoms with Crippen LogP contribution in [0.5, 0.6) is 0 Å². The van der Waals surface area contributed by atoms with Crippen molar-refractivity contribution < 1.29 is 8.78 Å². The summed E-state index contributed by atoms with van der Waals surface area (Å²) in [6, 6.07) is 1.56. The molecule has 0 spiro atoms. The van der Waals surface area contributed by atoms with Crippen LogP contribution in [0.3, 0.4) is 0 Å². The second-order valence-electron chi connectivity index (χ2n) is 5.10. The first-order valence-electron chi connectivity index (χ1n) is 6.24. The molecule has 3 heterocycles. The summed E-state index contributed by atoms with van der Waals surface area (Å²) in [5.74, 6) is 0. The molecule has 18 heavy (non-hydrogen) atoms. The molecule has 7 heteroatoms. The SMILES string of the molecule is CN(c1nnc(C(F)F)s1)C1CC2CCC(C1)N2. The third-order valence-electron chi connectivity index (χ3n) is 3.91. The minimum absolute atomic E-state index is 0.186. The first-order valence-corrected chi connectivity index (χ1v) is 7.05. The van der Waals surface area contributed by atoms with E-state index in [9.17, 15) is 8.78 Å². The van der Waals surface area contributed by atoms with Crippen molar-refractivity contribution in [3.05, 3.63) is 5.01 Å². The van der Waals surface area contributed by atoms with Gasteiger partial charge in [-0.3, -0.25) is 0 Å². The smallest absolute Gasteiger partial charge is 0.291 e. The zero-order chi connectivity index (χ0) is 12.7. The van der Waals surface area contributed by atoms with E-state index in [1.54, 1.807) is 0 Å². The van der Waals surface area contributed by atoms with Gasteiger partial charge >= 0.3 is 0 Å². The predicted octanol–water partition coefficient (Wildman–Crippen LogP) is 2.19. The number of hydrogen-bond donors (Lipinski definition) is 1. The Morgan fingerprint density at radius 2 is 1.94 bits per heavy atom. The molecule has 0 radical (unpaired) electrons. The van der Waals surface area contributed by atoms with Crippen LogP contribution in [0.2, 0.25) is 0 Å². The number of anilines is 1. The van der Waals surface area contributed by atoms with Gasteiger partial charge in [-0.2, -0.15) is 0 Å². The largest absolute Gasteiger partial charge is 0.347 e. The summed E-state index contributed by atoms with van der Waals surface area (Å²) in [5, 5.41) is 11.4. The molecule has 0 aromatic carbocycles. The van der Waals surface area contributed by atoms with Crippen LogP contribution < -0.4 is 10.2 Å². The van der Waals surface area contributed by atoms with Gasteiger partial charge in [-0.15, -0.1) is 10.2 Å². The average molecular weight is 274 g/mol. The molecule has 2 aliphatic heterocycles. The minimum Gasteiger partial charge on any atom is -0.347 e. The number of hydrogen-bond acceptors (Lipinski definition) is 5. The Morgan fingerprint density at radius 1 is 1.28 bits per heavy atom. The lowest BCUT2D eigenvalue weighted by molar-refractivity contribution is 0.150. The van der Waals surface area contributed by atoms with Crippen molar-refractivity contribution >= 4 is 16.5 Å². The van der Waals surface area contributed by atoms with Crippen LogP contribution in [0.1, 0.15) is 37.1 Å². The fraction of sp³-hybridized carbons (Fsp3) is 0.818. The van der Waals surface area contributed by atoms with Crippen LogP contribution in [-0.4, -0.2) is 35.4 Å². The molecule has 1 N–H and O–H groups in total. The Balaban J connectivity index is 1.71. The lowest BCUT2D eigenvalue weighted by Crippen LogP contribution is -2.47. The molecule has 2 bridgehead atoms. The quantitative estimate of drug-likeness (QED) is 0.917. The van der Waals surface area contributed by atoms with Crippen molar-refractivity contribution in [1.82, 2.24) is 15.5 Å². The van der Waals surface area contributed by atoms with Gasteiger partial charge < -0.3 is 10.2 Å². The Hall–Kier alpha value is -0.820. The molecule has 1 aromatic rings. The molecule has 2 unspecified atom stereocenters. The van der Waals surface area contributed by atoms with Gasteiger partial charge in [0.2, 0.25) is 5.13 Å². The summed E-state index contributed by atoms with van der Waals surface area (Å²) in [5.41, 5.74) is 0. The van der Waals surface area contributed by atoms with Gasteiger partial charge in [0.25, 0.3) is 6.43 Å². The molecule has 3 rings (SSSR count). The predicted molar refractivity (Wildman–Crippen MR) is 66.2 cm³/mol. The molecule has 2 aliphatic rings. The highest BCUT2D eigenvalue weighted by Gasteiger charge is 2.36. The zero-order valence-electron chi connectivity index (χ0n) is 10.1. The summed E-state index contributed by atoms with van der Waals surface area (Å²) in [6.07, 6.45) is 2.07. The monoisotopic (exact) mass is 274 g/mol. The summed E-state index contributed by atoms with van der Waals surface area (Å²) >= 11 is 0.999. The maximum Gasteiger partial charge on any atom is 0.291 e. The molecule has 2 saturated heterocycles. The van der Waals surface area contributed by atoms with Crippen molar-refractivity contribution in [1.29, 1.82) is 0 Å². The number of fused-ring (bicyclic) bond motifs is 2. The normalized spacial score (nSPS) is 31.0. The fourth-order valence-corrected chi connectivity index (χ4v) is 3.69. The number of nitrogens with one attached hydrogen (secondary N) is 1. The molecule has 1 aromatic heterocycles. The van der Waals surface area contributed by atoms with Crippen LogP contribution in [0.25, 0.3) is 0 Å². The maximum atomic E-state index is 12.5.